The molecule has 0 atom stereocenters. The lowest BCUT2D eigenvalue weighted by molar-refractivity contribution is 0.686. The van der Waals surface area contributed by atoms with E-state index in [9.17, 15) is 0 Å². The van der Waals surface area contributed by atoms with Crippen molar-refractivity contribution in [1.29, 1.82) is 0 Å². The van der Waals surface area contributed by atoms with Gasteiger partial charge in [0.15, 0.2) is 0 Å². The van der Waals surface area contributed by atoms with E-state index in [1.807, 2.05) is 6.92 Å². The van der Waals surface area contributed by atoms with E-state index < -0.39 is 0 Å². The van der Waals surface area contributed by atoms with Gasteiger partial charge >= 0.3 is 0 Å². The lowest BCUT2D eigenvalue weighted by Crippen LogP contribution is -2.18. The third-order valence-corrected chi connectivity index (χ3v) is 5.26. The van der Waals surface area contributed by atoms with Gasteiger partial charge in [-0.15, -0.1) is 11.3 Å². The smallest absolute Gasteiger partial charge is 0.0898 e. The highest BCUT2D eigenvalue weighted by molar-refractivity contribution is 9.10. The van der Waals surface area contributed by atoms with Crippen molar-refractivity contribution in [2.75, 3.05) is 11.9 Å². The van der Waals surface area contributed by atoms with Crippen LogP contribution >= 0.6 is 27.3 Å². The molecule has 112 valence electrons. The zero-order chi connectivity index (χ0) is 14.8. The van der Waals surface area contributed by atoms with Gasteiger partial charge in [0.1, 0.15) is 0 Å². The molecule has 3 nitrogen and oxygen atoms in total. The van der Waals surface area contributed by atoms with Crippen LogP contribution in [-0.4, -0.2) is 18.1 Å². The molecular formula is C16H20BrN3S. The van der Waals surface area contributed by atoms with E-state index in [0.717, 1.165) is 29.8 Å². The first-order chi connectivity index (χ1) is 10.1. The monoisotopic (exact) mass is 365 g/mol. The molecule has 0 bridgehead atoms. The summed E-state index contributed by atoms with van der Waals surface area (Å²) in [6.45, 7) is 3.84. The quantitative estimate of drug-likeness (QED) is 0.834. The first-order valence-corrected chi connectivity index (χ1v) is 8.93. The van der Waals surface area contributed by atoms with Crippen molar-refractivity contribution >= 4 is 33.0 Å². The summed E-state index contributed by atoms with van der Waals surface area (Å²) in [5.74, 6) is 0. The van der Waals surface area contributed by atoms with Crippen LogP contribution in [0.4, 0.5) is 5.69 Å². The van der Waals surface area contributed by atoms with Gasteiger partial charge in [-0.2, -0.15) is 0 Å². The van der Waals surface area contributed by atoms with Gasteiger partial charge in [0.2, 0.25) is 0 Å². The predicted molar refractivity (Wildman–Crippen MR) is 93.0 cm³/mol. The molecule has 1 saturated carbocycles. The molecule has 0 aliphatic heterocycles. The highest BCUT2D eigenvalue weighted by atomic mass is 79.9. The van der Waals surface area contributed by atoms with Crippen molar-refractivity contribution in [3.8, 4) is 0 Å². The number of hydrogen-bond donors (Lipinski definition) is 1. The Labute approximate surface area is 138 Å². The second-order valence-corrected chi connectivity index (χ2v) is 7.56. The fraction of sp³-hybridized carbons (Fsp3) is 0.438. The fourth-order valence-corrected chi connectivity index (χ4v) is 3.38. The van der Waals surface area contributed by atoms with Crippen LogP contribution in [0.1, 0.15) is 29.1 Å². The summed E-state index contributed by atoms with van der Waals surface area (Å²) in [5.41, 5.74) is 3.67. The van der Waals surface area contributed by atoms with Crippen LogP contribution in [0.2, 0.25) is 0 Å². The van der Waals surface area contributed by atoms with Crippen LogP contribution in [-0.2, 0) is 13.1 Å². The average molecular weight is 366 g/mol. The van der Waals surface area contributed by atoms with Crippen LogP contribution in [0.3, 0.4) is 0 Å². The summed E-state index contributed by atoms with van der Waals surface area (Å²) in [4.78, 5) is 6.76. The van der Waals surface area contributed by atoms with E-state index in [0.29, 0.717) is 0 Å². The summed E-state index contributed by atoms with van der Waals surface area (Å²) < 4.78 is 1.18. The van der Waals surface area contributed by atoms with E-state index in [1.165, 1.54) is 28.6 Å². The largest absolute Gasteiger partial charge is 0.369 e. The number of aromatic nitrogens is 1. The van der Waals surface area contributed by atoms with Crippen molar-refractivity contribution < 1.29 is 0 Å². The van der Waals surface area contributed by atoms with Gasteiger partial charge in [0.05, 0.1) is 17.2 Å². The lowest BCUT2D eigenvalue weighted by atomic mass is 10.2. The second-order valence-electron chi connectivity index (χ2n) is 5.64. The maximum absolute atomic E-state index is 4.53. The maximum atomic E-state index is 4.53. The minimum atomic E-state index is 0.743. The molecule has 0 radical (unpaired) electrons. The summed E-state index contributed by atoms with van der Waals surface area (Å²) >= 11 is 5.40. The highest BCUT2D eigenvalue weighted by Gasteiger charge is 2.20. The fourth-order valence-electron chi connectivity index (χ4n) is 2.27. The van der Waals surface area contributed by atoms with Crippen molar-refractivity contribution in [1.82, 2.24) is 10.3 Å². The Balaban J connectivity index is 1.65. The highest BCUT2D eigenvalue weighted by Crippen LogP contribution is 2.26. The number of nitrogens with one attached hydrogen (secondary N) is 1. The molecule has 5 heteroatoms. The molecule has 2 aromatic rings. The minimum absolute atomic E-state index is 0.743. The van der Waals surface area contributed by atoms with Gasteiger partial charge < -0.3 is 10.2 Å². The number of hydrogen-bond acceptors (Lipinski definition) is 4. The van der Waals surface area contributed by atoms with Crippen LogP contribution in [0.5, 0.6) is 0 Å². The van der Waals surface area contributed by atoms with Gasteiger partial charge in [0.25, 0.3) is 0 Å². The van der Waals surface area contributed by atoms with Gasteiger partial charge in [0, 0.05) is 35.2 Å². The van der Waals surface area contributed by atoms with E-state index in [2.05, 4.69) is 61.8 Å². The van der Waals surface area contributed by atoms with Gasteiger partial charge in [-0.05, 0) is 37.5 Å². The Kier molecular flexibility index (Phi) is 4.62. The maximum Gasteiger partial charge on any atom is 0.0898 e. The SMILES string of the molecule is Cc1nc(CN(C)c2ccc(CNC3CC3)c(Br)c2)cs1. The number of aryl methyl sites for hydroxylation is 1. The summed E-state index contributed by atoms with van der Waals surface area (Å²) in [7, 11) is 2.11. The summed E-state index contributed by atoms with van der Waals surface area (Å²) in [6.07, 6.45) is 2.65. The normalized spacial score (nSPS) is 14.4. The first-order valence-electron chi connectivity index (χ1n) is 7.26. The molecule has 0 amide bonds. The molecule has 0 spiro atoms. The minimum Gasteiger partial charge on any atom is -0.369 e. The van der Waals surface area contributed by atoms with Gasteiger partial charge in [-0.3, -0.25) is 0 Å². The molecule has 1 fully saturated rings. The first kappa shape index (κ1) is 15.0. The standard InChI is InChI=1S/C16H20BrN3S/c1-11-19-14(10-21-11)9-20(2)15-6-3-12(16(17)7-15)8-18-13-4-5-13/h3,6-7,10,13,18H,4-5,8-9H2,1-2H3. The molecule has 1 aliphatic rings. The molecule has 1 N–H and O–H groups in total. The predicted octanol–water partition coefficient (Wildman–Crippen LogP) is 4.10. The zero-order valence-electron chi connectivity index (χ0n) is 12.4. The number of benzene rings is 1. The molecule has 0 unspecified atom stereocenters. The van der Waals surface area contributed by atoms with Crippen molar-refractivity contribution in [2.45, 2.75) is 38.9 Å². The van der Waals surface area contributed by atoms with Crippen molar-refractivity contribution in [3.05, 3.63) is 44.3 Å². The Hall–Kier alpha value is -0.910. The number of thiazole rings is 1. The van der Waals surface area contributed by atoms with Crippen LogP contribution < -0.4 is 10.2 Å². The number of nitrogens with zero attached hydrogens (tertiary/aromatic N) is 2. The molecular weight excluding hydrogens is 346 g/mol. The number of halogens is 1. The Morgan fingerprint density at radius 3 is 2.86 bits per heavy atom. The van der Waals surface area contributed by atoms with Gasteiger partial charge in [-0.1, -0.05) is 22.0 Å². The molecule has 1 aromatic heterocycles. The zero-order valence-corrected chi connectivity index (χ0v) is 14.8. The number of anilines is 1. The lowest BCUT2D eigenvalue weighted by Gasteiger charge is -2.19. The number of rotatable bonds is 6. The third-order valence-electron chi connectivity index (χ3n) is 3.70. The molecule has 3 rings (SSSR count). The van der Waals surface area contributed by atoms with Crippen LogP contribution in [0.25, 0.3) is 0 Å². The van der Waals surface area contributed by atoms with E-state index >= 15 is 0 Å². The van der Waals surface area contributed by atoms with Gasteiger partial charge in [-0.25, -0.2) is 4.98 Å². The molecule has 1 heterocycles. The average Bonchev–Trinajstić information content (AvgIpc) is 3.20. The second kappa shape index (κ2) is 6.46. The molecule has 21 heavy (non-hydrogen) atoms. The van der Waals surface area contributed by atoms with Crippen molar-refractivity contribution in [2.24, 2.45) is 0 Å². The third kappa shape index (κ3) is 4.05. The Morgan fingerprint density at radius 1 is 1.43 bits per heavy atom. The van der Waals surface area contributed by atoms with E-state index in [-0.39, 0.29) is 0 Å². The summed E-state index contributed by atoms with van der Waals surface area (Å²) in [5, 5.41) is 6.81. The van der Waals surface area contributed by atoms with E-state index in [1.54, 1.807) is 11.3 Å². The Morgan fingerprint density at radius 2 is 2.24 bits per heavy atom. The summed E-state index contributed by atoms with van der Waals surface area (Å²) in [6, 6.07) is 7.33. The molecule has 1 aromatic carbocycles. The van der Waals surface area contributed by atoms with Crippen LogP contribution in [0, 0.1) is 6.92 Å². The van der Waals surface area contributed by atoms with Crippen LogP contribution in [0.15, 0.2) is 28.1 Å². The molecule has 1 aliphatic carbocycles. The molecule has 0 saturated heterocycles. The topological polar surface area (TPSA) is 28.2 Å². The van der Waals surface area contributed by atoms with E-state index in [4.69, 9.17) is 0 Å². The Bertz CT molecular complexity index is 622. The van der Waals surface area contributed by atoms with Crippen molar-refractivity contribution in [3.63, 3.8) is 0 Å².